The van der Waals surface area contributed by atoms with Crippen molar-refractivity contribution in [3.8, 4) is 0 Å². The Hall–Kier alpha value is -0.940. The van der Waals surface area contributed by atoms with Gasteiger partial charge in [-0.1, -0.05) is 0 Å². The number of hydrogen-bond donors (Lipinski definition) is 1. The highest BCUT2D eigenvalue weighted by atomic mass is 32.1. The van der Waals surface area contributed by atoms with Crippen molar-refractivity contribution in [2.45, 2.75) is 26.8 Å². The largest absolute Gasteiger partial charge is 0.354 e. The first kappa shape index (κ1) is 10.6. The number of rotatable bonds is 3. The summed E-state index contributed by atoms with van der Waals surface area (Å²) in [5, 5.41) is 4.22. The minimum Gasteiger partial charge on any atom is -0.354 e. The van der Waals surface area contributed by atoms with Gasteiger partial charge in [-0.2, -0.15) is 4.37 Å². The van der Waals surface area contributed by atoms with Crippen molar-refractivity contribution < 1.29 is 0 Å². The van der Waals surface area contributed by atoms with Gasteiger partial charge in [-0.25, -0.2) is 4.98 Å². The van der Waals surface area contributed by atoms with Gasteiger partial charge in [0.25, 0.3) is 0 Å². The Morgan fingerprint density at radius 2 is 2.20 bits per heavy atom. The Labute approximate surface area is 97.4 Å². The number of nitrogens with one attached hydrogen (secondary N) is 1. The second-order valence-electron chi connectivity index (χ2n) is 3.48. The molecule has 0 fully saturated rings. The van der Waals surface area contributed by atoms with Gasteiger partial charge in [0.15, 0.2) is 0 Å². The van der Waals surface area contributed by atoms with Crippen molar-refractivity contribution in [1.29, 1.82) is 0 Å². The van der Waals surface area contributed by atoms with E-state index in [1.165, 1.54) is 26.9 Å². The Morgan fingerprint density at radius 1 is 1.40 bits per heavy atom. The molecule has 1 atom stereocenters. The molecule has 0 aliphatic carbocycles. The Morgan fingerprint density at radius 3 is 2.73 bits per heavy atom. The minimum absolute atomic E-state index is 0.294. The molecule has 2 aromatic heterocycles. The molecule has 0 aromatic carbocycles. The first-order chi connectivity index (χ1) is 7.16. The van der Waals surface area contributed by atoms with Crippen molar-refractivity contribution in [3.05, 3.63) is 27.7 Å². The third kappa shape index (κ3) is 2.35. The van der Waals surface area contributed by atoms with Crippen molar-refractivity contribution in [1.82, 2.24) is 9.36 Å². The molecule has 3 nitrogen and oxygen atoms in total. The summed E-state index contributed by atoms with van der Waals surface area (Å²) >= 11 is 3.23. The fourth-order valence-corrected chi connectivity index (χ4v) is 3.12. The summed E-state index contributed by atoms with van der Waals surface area (Å²) in [5.74, 6) is 0. The Kier molecular flexibility index (Phi) is 3.02. The van der Waals surface area contributed by atoms with Gasteiger partial charge in [0, 0.05) is 21.3 Å². The Balaban J connectivity index is 2.14. The summed E-state index contributed by atoms with van der Waals surface area (Å²) in [6.07, 6.45) is 1.57. The van der Waals surface area contributed by atoms with Crippen LogP contribution in [0.3, 0.4) is 0 Å². The summed E-state index contributed by atoms with van der Waals surface area (Å²) in [4.78, 5) is 6.85. The van der Waals surface area contributed by atoms with E-state index in [1.54, 1.807) is 6.33 Å². The highest BCUT2D eigenvalue weighted by Crippen LogP contribution is 2.28. The quantitative estimate of drug-likeness (QED) is 0.892. The van der Waals surface area contributed by atoms with Crippen LogP contribution < -0.4 is 5.32 Å². The monoisotopic (exact) mass is 239 g/mol. The highest BCUT2D eigenvalue weighted by molar-refractivity contribution is 7.12. The van der Waals surface area contributed by atoms with E-state index in [9.17, 15) is 0 Å². The fraction of sp³-hybridized carbons (Fsp3) is 0.400. The fourth-order valence-electron chi connectivity index (χ4n) is 1.58. The topological polar surface area (TPSA) is 37.8 Å². The van der Waals surface area contributed by atoms with E-state index >= 15 is 0 Å². The molecule has 2 aromatic rings. The summed E-state index contributed by atoms with van der Waals surface area (Å²) in [5.41, 5.74) is 1.35. The average Bonchev–Trinajstić information content (AvgIpc) is 2.75. The highest BCUT2D eigenvalue weighted by Gasteiger charge is 2.11. The zero-order valence-electron chi connectivity index (χ0n) is 8.94. The number of anilines is 1. The van der Waals surface area contributed by atoms with Gasteiger partial charge in [-0.3, -0.25) is 0 Å². The predicted molar refractivity (Wildman–Crippen MR) is 65.7 cm³/mol. The molecule has 0 amide bonds. The molecular formula is C10H13N3S2. The molecule has 0 saturated heterocycles. The van der Waals surface area contributed by atoms with Crippen LogP contribution in [0.15, 0.2) is 12.4 Å². The van der Waals surface area contributed by atoms with Crippen molar-refractivity contribution in [2.24, 2.45) is 0 Å². The van der Waals surface area contributed by atoms with E-state index in [4.69, 9.17) is 0 Å². The number of hydrogen-bond acceptors (Lipinski definition) is 5. The first-order valence-electron chi connectivity index (χ1n) is 4.77. The molecule has 2 rings (SSSR count). The lowest BCUT2D eigenvalue weighted by Gasteiger charge is -2.11. The third-order valence-electron chi connectivity index (χ3n) is 2.25. The molecule has 5 heteroatoms. The summed E-state index contributed by atoms with van der Waals surface area (Å²) in [6.45, 7) is 6.44. The molecule has 15 heavy (non-hydrogen) atoms. The van der Waals surface area contributed by atoms with Crippen LogP contribution in [0.25, 0.3) is 0 Å². The van der Waals surface area contributed by atoms with Crippen LogP contribution in [-0.4, -0.2) is 9.36 Å². The van der Waals surface area contributed by atoms with Crippen LogP contribution in [0.1, 0.15) is 28.3 Å². The molecule has 1 unspecified atom stereocenters. The summed E-state index contributed by atoms with van der Waals surface area (Å²) in [6, 6.07) is 2.53. The van der Waals surface area contributed by atoms with E-state index < -0.39 is 0 Å². The maximum atomic E-state index is 4.12. The van der Waals surface area contributed by atoms with Gasteiger partial charge in [0.2, 0.25) is 5.13 Å². The minimum atomic E-state index is 0.294. The van der Waals surface area contributed by atoms with Crippen molar-refractivity contribution >= 4 is 28.0 Å². The zero-order valence-corrected chi connectivity index (χ0v) is 10.6. The first-order valence-corrected chi connectivity index (χ1v) is 6.36. The molecule has 1 N–H and O–H groups in total. The second kappa shape index (κ2) is 4.28. The maximum absolute atomic E-state index is 4.12. The smallest absolute Gasteiger partial charge is 0.202 e. The zero-order chi connectivity index (χ0) is 10.8. The van der Waals surface area contributed by atoms with E-state index in [0.29, 0.717) is 6.04 Å². The molecular weight excluding hydrogens is 226 g/mol. The summed E-state index contributed by atoms with van der Waals surface area (Å²) < 4.78 is 3.97. The van der Waals surface area contributed by atoms with Crippen molar-refractivity contribution in [3.63, 3.8) is 0 Å². The number of thiophene rings is 1. The third-order valence-corrected chi connectivity index (χ3v) is 3.82. The van der Waals surface area contributed by atoms with Crippen LogP contribution >= 0.6 is 22.9 Å². The van der Waals surface area contributed by atoms with Crippen molar-refractivity contribution in [2.75, 3.05) is 5.32 Å². The van der Waals surface area contributed by atoms with Gasteiger partial charge in [-0.15, -0.1) is 11.3 Å². The molecule has 0 saturated carbocycles. The normalized spacial score (nSPS) is 12.7. The van der Waals surface area contributed by atoms with Crippen LogP contribution in [0, 0.1) is 13.8 Å². The molecule has 0 aliphatic heterocycles. The lowest BCUT2D eigenvalue weighted by atomic mass is 10.1. The average molecular weight is 239 g/mol. The molecule has 0 bridgehead atoms. The molecule has 80 valence electrons. The maximum Gasteiger partial charge on any atom is 0.202 e. The van der Waals surface area contributed by atoms with E-state index in [-0.39, 0.29) is 0 Å². The molecule has 0 aliphatic rings. The van der Waals surface area contributed by atoms with Gasteiger partial charge < -0.3 is 5.32 Å². The predicted octanol–water partition coefficient (Wildman–Crippen LogP) is 3.39. The standard InChI is InChI=1S/C10H13N3S2/c1-6-4-9(8(3)14-6)7(2)13-10-11-5-12-15-10/h4-5,7H,1-3H3,(H,11,12,13). The van der Waals surface area contributed by atoms with Crippen LogP contribution in [0.2, 0.25) is 0 Å². The lowest BCUT2D eigenvalue weighted by Crippen LogP contribution is -2.06. The second-order valence-corrected chi connectivity index (χ2v) is 5.72. The molecule has 0 radical (unpaired) electrons. The van der Waals surface area contributed by atoms with Gasteiger partial charge in [0.1, 0.15) is 6.33 Å². The van der Waals surface area contributed by atoms with E-state index in [2.05, 4.69) is 41.5 Å². The van der Waals surface area contributed by atoms with E-state index in [0.717, 1.165) is 5.13 Å². The molecule has 0 spiro atoms. The van der Waals surface area contributed by atoms with Crippen LogP contribution in [0.5, 0.6) is 0 Å². The van der Waals surface area contributed by atoms with Gasteiger partial charge in [-0.05, 0) is 32.4 Å². The van der Waals surface area contributed by atoms with E-state index in [1.807, 2.05) is 11.3 Å². The number of nitrogens with zero attached hydrogens (tertiary/aromatic N) is 2. The van der Waals surface area contributed by atoms with Gasteiger partial charge in [0.05, 0.1) is 6.04 Å². The van der Waals surface area contributed by atoms with Crippen LogP contribution in [-0.2, 0) is 0 Å². The van der Waals surface area contributed by atoms with Crippen LogP contribution in [0.4, 0.5) is 5.13 Å². The Bertz CT molecular complexity index is 433. The van der Waals surface area contributed by atoms with Gasteiger partial charge >= 0.3 is 0 Å². The number of aryl methyl sites for hydroxylation is 2. The molecule has 2 heterocycles. The SMILES string of the molecule is Cc1cc(C(C)Nc2ncns2)c(C)s1. The lowest BCUT2D eigenvalue weighted by molar-refractivity contribution is 0.878. The number of aromatic nitrogens is 2. The summed E-state index contributed by atoms with van der Waals surface area (Å²) in [7, 11) is 0.